The summed E-state index contributed by atoms with van der Waals surface area (Å²) in [5, 5.41) is 0.0103. The number of halogens is 2. The molecule has 0 aliphatic carbocycles. The smallest absolute Gasteiger partial charge is 0.404 e. The number of nitrogens with zero attached hydrogens (tertiary/aromatic N) is 2. The Morgan fingerprint density at radius 3 is 2.19 bits per heavy atom. The van der Waals surface area contributed by atoms with E-state index in [1.54, 1.807) is 13.8 Å². The number of imidazole rings is 1. The van der Waals surface area contributed by atoms with Crippen LogP contribution in [-0.2, 0) is 32.7 Å². The van der Waals surface area contributed by atoms with Gasteiger partial charge in [-0.1, -0.05) is 37.0 Å². The first-order valence-electron chi connectivity index (χ1n) is 8.75. The highest BCUT2D eigenvalue weighted by molar-refractivity contribution is 7.87. The molecule has 0 aliphatic heterocycles. The third-order valence-electron chi connectivity index (χ3n) is 3.75. The number of nitrogens with two attached hydrogens (primary N) is 2. The first-order valence-corrected chi connectivity index (χ1v) is 10.9. The third kappa shape index (κ3) is 6.64. The van der Waals surface area contributed by atoms with E-state index < -0.39 is 28.9 Å². The first kappa shape index (κ1) is 24.6. The van der Waals surface area contributed by atoms with Gasteiger partial charge in [0.25, 0.3) is 0 Å². The number of hydrogen-bond donors (Lipinski definition) is 2. The van der Waals surface area contributed by atoms with Crippen LogP contribution in [0.5, 0.6) is 5.75 Å². The molecule has 4 N–H and O–H groups in total. The number of ether oxygens (including phenoxy) is 2. The third-order valence-corrected chi connectivity index (χ3v) is 5.51. The molecule has 0 saturated carbocycles. The molecule has 1 aromatic carbocycles. The van der Waals surface area contributed by atoms with Crippen LogP contribution < -0.4 is 15.7 Å². The van der Waals surface area contributed by atoms with Gasteiger partial charge in [-0.3, -0.25) is 0 Å². The summed E-state index contributed by atoms with van der Waals surface area (Å²) in [6.07, 6.45) is -2.13. The standard InChI is InChI=1S/C17H20Cl2N4O7S/c1-9(2)14-15(31(26,27)30-12-6-10(18)5-11(19)7-12)23(3-4-28-16(20)24)13(22-14)8-29-17(21)25/h5-7,9H,3-4,8H2,1-2H3,(H2,20,24)(H2,21,25). The average molecular weight is 495 g/mol. The minimum absolute atomic E-state index is 0.0434. The molecule has 0 saturated heterocycles. The lowest BCUT2D eigenvalue weighted by atomic mass is 10.1. The predicted octanol–water partition coefficient (Wildman–Crippen LogP) is 2.77. The van der Waals surface area contributed by atoms with E-state index in [1.165, 1.54) is 22.8 Å². The van der Waals surface area contributed by atoms with Gasteiger partial charge in [-0.05, 0) is 12.0 Å². The molecule has 2 amide bonds. The molecule has 11 nitrogen and oxygen atoms in total. The van der Waals surface area contributed by atoms with Crippen LogP contribution in [-0.4, -0.2) is 36.8 Å². The summed E-state index contributed by atoms with van der Waals surface area (Å²) >= 11 is 11.8. The van der Waals surface area contributed by atoms with Crippen molar-refractivity contribution in [2.24, 2.45) is 11.5 Å². The van der Waals surface area contributed by atoms with Crippen LogP contribution in [0.2, 0.25) is 10.0 Å². The SMILES string of the molecule is CC(C)c1nc(COC(N)=O)n(CCOC(N)=O)c1S(=O)(=O)Oc1cc(Cl)cc(Cl)c1. The zero-order valence-electron chi connectivity index (χ0n) is 16.5. The van der Waals surface area contributed by atoms with Gasteiger partial charge in [0.1, 0.15) is 18.2 Å². The van der Waals surface area contributed by atoms with Crippen LogP contribution in [0.25, 0.3) is 0 Å². The summed E-state index contributed by atoms with van der Waals surface area (Å²) < 4.78 is 42.2. The second kappa shape index (κ2) is 10.1. The molecule has 2 rings (SSSR count). The number of amides is 2. The van der Waals surface area contributed by atoms with E-state index in [0.717, 1.165) is 0 Å². The van der Waals surface area contributed by atoms with Gasteiger partial charge in [0, 0.05) is 22.2 Å². The second-order valence-corrected chi connectivity index (χ2v) is 8.78. The number of carbonyl (C=O) groups excluding carboxylic acids is 2. The van der Waals surface area contributed by atoms with Crippen LogP contribution in [0.15, 0.2) is 23.2 Å². The maximum atomic E-state index is 13.2. The van der Waals surface area contributed by atoms with Crippen molar-refractivity contribution in [2.75, 3.05) is 6.61 Å². The van der Waals surface area contributed by atoms with Crippen LogP contribution in [0.4, 0.5) is 9.59 Å². The van der Waals surface area contributed by atoms with E-state index in [-0.39, 0.29) is 51.4 Å². The summed E-state index contributed by atoms with van der Waals surface area (Å²) in [4.78, 5) is 26.2. The second-order valence-electron chi connectivity index (χ2n) is 6.44. The number of aromatic nitrogens is 2. The van der Waals surface area contributed by atoms with Gasteiger partial charge in [0.05, 0.1) is 12.2 Å². The highest BCUT2D eigenvalue weighted by Crippen LogP contribution is 2.30. The zero-order chi connectivity index (χ0) is 23.3. The molecular weight excluding hydrogens is 475 g/mol. The Balaban J connectivity index is 2.56. The summed E-state index contributed by atoms with van der Waals surface area (Å²) in [5.41, 5.74) is 10.1. The molecule has 0 spiro atoms. The summed E-state index contributed by atoms with van der Waals surface area (Å²) in [6.45, 7) is 2.54. The molecule has 0 radical (unpaired) electrons. The van der Waals surface area contributed by atoms with Crippen molar-refractivity contribution in [1.82, 2.24) is 9.55 Å². The number of hydrogen-bond acceptors (Lipinski definition) is 8. The van der Waals surface area contributed by atoms with Gasteiger partial charge in [-0.2, -0.15) is 8.42 Å². The summed E-state index contributed by atoms with van der Waals surface area (Å²) in [5.74, 6) is -0.452. The largest absolute Gasteiger partial charge is 0.448 e. The van der Waals surface area contributed by atoms with Crippen LogP contribution in [0.1, 0.15) is 31.3 Å². The Bertz CT molecular complexity index is 1070. The Kier molecular flexibility index (Phi) is 7.98. The van der Waals surface area contributed by atoms with E-state index in [0.29, 0.717) is 0 Å². The minimum Gasteiger partial charge on any atom is -0.448 e. The Morgan fingerprint density at radius 1 is 1.10 bits per heavy atom. The monoisotopic (exact) mass is 494 g/mol. The van der Waals surface area contributed by atoms with Crippen molar-refractivity contribution < 1.29 is 31.7 Å². The van der Waals surface area contributed by atoms with Gasteiger partial charge in [-0.15, -0.1) is 0 Å². The number of carbonyl (C=O) groups is 2. The highest BCUT2D eigenvalue weighted by Gasteiger charge is 2.32. The van der Waals surface area contributed by atoms with Crippen LogP contribution in [0, 0.1) is 0 Å². The molecule has 0 fully saturated rings. The van der Waals surface area contributed by atoms with Gasteiger partial charge >= 0.3 is 22.3 Å². The molecule has 1 aromatic heterocycles. The highest BCUT2D eigenvalue weighted by atomic mass is 35.5. The Morgan fingerprint density at radius 2 is 1.68 bits per heavy atom. The molecular formula is C17H20Cl2N4O7S. The van der Waals surface area contributed by atoms with E-state index in [9.17, 15) is 18.0 Å². The van der Waals surface area contributed by atoms with E-state index >= 15 is 0 Å². The molecule has 0 aliphatic rings. The quantitative estimate of drug-likeness (QED) is 0.501. The van der Waals surface area contributed by atoms with Crippen molar-refractivity contribution in [3.63, 3.8) is 0 Å². The Hall–Kier alpha value is -2.70. The summed E-state index contributed by atoms with van der Waals surface area (Å²) in [6, 6.07) is 3.95. The van der Waals surface area contributed by atoms with Gasteiger partial charge in [0.2, 0.25) is 0 Å². The van der Waals surface area contributed by atoms with Gasteiger partial charge in [0.15, 0.2) is 11.6 Å². The average Bonchev–Trinajstić information content (AvgIpc) is 2.98. The lowest BCUT2D eigenvalue weighted by Gasteiger charge is -2.14. The maximum absolute atomic E-state index is 13.2. The van der Waals surface area contributed by atoms with E-state index in [4.69, 9.17) is 48.3 Å². The lowest BCUT2D eigenvalue weighted by Crippen LogP contribution is -2.23. The molecule has 0 bridgehead atoms. The molecule has 2 aromatic rings. The molecule has 0 unspecified atom stereocenters. The van der Waals surface area contributed by atoms with E-state index in [1.807, 2.05) is 0 Å². The number of benzene rings is 1. The fraction of sp³-hybridized carbons (Fsp3) is 0.353. The molecule has 1 heterocycles. The van der Waals surface area contributed by atoms with E-state index in [2.05, 4.69) is 4.98 Å². The fourth-order valence-corrected chi connectivity index (χ4v) is 4.54. The fourth-order valence-electron chi connectivity index (χ4n) is 2.60. The molecule has 170 valence electrons. The summed E-state index contributed by atoms with van der Waals surface area (Å²) in [7, 11) is -4.48. The molecule has 0 atom stereocenters. The maximum Gasteiger partial charge on any atom is 0.404 e. The zero-order valence-corrected chi connectivity index (χ0v) is 18.8. The lowest BCUT2D eigenvalue weighted by molar-refractivity contribution is 0.140. The van der Waals surface area contributed by atoms with Gasteiger partial charge in [-0.25, -0.2) is 14.6 Å². The topological polar surface area (TPSA) is 166 Å². The van der Waals surface area contributed by atoms with Crippen molar-refractivity contribution in [3.05, 3.63) is 39.8 Å². The van der Waals surface area contributed by atoms with Crippen molar-refractivity contribution >= 4 is 45.5 Å². The number of primary amides is 2. The van der Waals surface area contributed by atoms with Crippen molar-refractivity contribution in [3.8, 4) is 5.75 Å². The first-order chi connectivity index (χ1) is 14.4. The predicted molar refractivity (Wildman–Crippen MR) is 110 cm³/mol. The molecule has 14 heteroatoms. The van der Waals surface area contributed by atoms with Crippen molar-refractivity contribution in [2.45, 2.75) is 37.9 Å². The molecule has 31 heavy (non-hydrogen) atoms. The van der Waals surface area contributed by atoms with Crippen LogP contribution in [0.3, 0.4) is 0 Å². The van der Waals surface area contributed by atoms with Gasteiger partial charge < -0.3 is 29.7 Å². The van der Waals surface area contributed by atoms with Crippen molar-refractivity contribution in [1.29, 1.82) is 0 Å². The van der Waals surface area contributed by atoms with Crippen LogP contribution >= 0.6 is 23.2 Å². The normalized spacial score (nSPS) is 11.4. The Labute approximate surface area is 188 Å². The minimum atomic E-state index is -4.48. The number of rotatable bonds is 9.